The molecule has 0 rings (SSSR count). The minimum atomic E-state index is -3.90. The maximum absolute atomic E-state index is 10.4. The summed E-state index contributed by atoms with van der Waals surface area (Å²) in [5.41, 5.74) is -0.891. The second-order valence-electron chi connectivity index (χ2n) is 4.07. The van der Waals surface area contributed by atoms with Crippen molar-refractivity contribution in [2.75, 3.05) is 25.6 Å². The van der Waals surface area contributed by atoms with Crippen molar-refractivity contribution in [3.8, 4) is 0 Å². The highest BCUT2D eigenvalue weighted by Crippen LogP contribution is 2.23. The van der Waals surface area contributed by atoms with E-state index in [1.807, 2.05) is 0 Å². The minimum Gasteiger partial charge on any atom is -0.396 e. The second-order valence-corrected chi connectivity index (χ2v) is 5.64. The molecule has 0 unspecified atom stereocenters. The molecule has 0 aromatic heterocycles. The molecular formula is C9H20O6S. The summed E-state index contributed by atoms with van der Waals surface area (Å²) in [7, 11) is -3.90. The SMILES string of the molecule is O=S(=O)(O)CCCCCC(CO)(CO)CO. The van der Waals surface area contributed by atoms with Crippen LogP contribution in [0.3, 0.4) is 0 Å². The van der Waals surface area contributed by atoms with Gasteiger partial charge in [0.15, 0.2) is 0 Å². The molecular weight excluding hydrogens is 236 g/mol. The zero-order valence-corrected chi connectivity index (χ0v) is 9.99. The molecule has 0 aromatic carbocycles. The molecule has 0 spiro atoms. The Morgan fingerprint density at radius 3 is 1.75 bits per heavy atom. The zero-order valence-electron chi connectivity index (χ0n) is 9.17. The van der Waals surface area contributed by atoms with Crippen LogP contribution in [0.1, 0.15) is 25.7 Å². The van der Waals surface area contributed by atoms with Crippen molar-refractivity contribution in [3.05, 3.63) is 0 Å². The molecule has 4 N–H and O–H groups in total. The molecule has 0 bridgehead atoms. The number of unbranched alkanes of at least 4 members (excludes halogenated alkanes) is 2. The Hall–Kier alpha value is -0.210. The molecule has 0 radical (unpaired) electrons. The molecule has 7 heteroatoms. The average Bonchev–Trinajstić information content (AvgIpc) is 2.23. The smallest absolute Gasteiger partial charge is 0.264 e. The normalized spacial score (nSPS) is 13.0. The molecule has 0 aliphatic heterocycles. The first-order chi connectivity index (χ1) is 7.39. The second kappa shape index (κ2) is 7.18. The Balaban J connectivity index is 3.80. The van der Waals surface area contributed by atoms with Crippen LogP contribution in [0.5, 0.6) is 0 Å². The number of hydrogen-bond donors (Lipinski definition) is 4. The molecule has 0 saturated heterocycles. The predicted molar refractivity (Wildman–Crippen MR) is 58.6 cm³/mol. The van der Waals surface area contributed by atoms with E-state index in [1.165, 1.54) is 0 Å². The van der Waals surface area contributed by atoms with Crippen LogP contribution < -0.4 is 0 Å². The molecule has 0 heterocycles. The van der Waals surface area contributed by atoms with Crippen LogP contribution in [0.4, 0.5) is 0 Å². The monoisotopic (exact) mass is 256 g/mol. The predicted octanol–water partition coefficient (Wildman–Crippen LogP) is -0.602. The Bertz CT molecular complexity index is 261. The standard InChI is InChI=1S/C9H20O6S/c10-6-9(7-11,8-12)4-2-1-3-5-16(13,14)15/h10-12H,1-8H2,(H,13,14,15). The van der Waals surface area contributed by atoms with Crippen molar-refractivity contribution in [3.63, 3.8) is 0 Å². The lowest BCUT2D eigenvalue weighted by Crippen LogP contribution is -2.33. The van der Waals surface area contributed by atoms with Crippen molar-refractivity contribution in [2.24, 2.45) is 5.41 Å². The highest BCUT2D eigenvalue weighted by molar-refractivity contribution is 7.85. The number of aliphatic hydroxyl groups excluding tert-OH is 3. The van der Waals surface area contributed by atoms with Gasteiger partial charge in [-0.1, -0.05) is 12.8 Å². The lowest BCUT2D eigenvalue weighted by molar-refractivity contribution is -0.00222. The Morgan fingerprint density at radius 1 is 0.875 bits per heavy atom. The molecule has 98 valence electrons. The third-order valence-corrected chi connectivity index (χ3v) is 3.42. The molecule has 0 aliphatic carbocycles. The summed E-state index contributed by atoms with van der Waals surface area (Å²) in [6.45, 7) is -0.922. The van der Waals surface area contributed by atoms with E-state index in [0.717, 1.165) is 0 Å². The third-order valence-electron chi connectivity index (χ3n) is 2.62. The summed E-state index contributed by atoms with van der Waals surface area (Å²) >= 11 is 0. The fourth-order valence-corrected chi connectivity index (χ4v) is 1.92. The van der Waals surface area contributed by atoms with Crippen molar-refractivity contribution < 1.29 is 28.3 Å². The first-order valence-corrected chi connectivity index (χ1v) is 6.78. The molecule has 0 aromatic rings. The highest BCUT2D eigenvalue weighted by atomic mass is 32.2. The quantitative estimate of drug-likeness (QED) is 0.323. The van der Waals surface area contributed by atoms with Gasteiger partial charge in [-0.3, -0.25) is 4.55 Å². The molecule has 0 fully saturated rings. The Labute approximate surface area is 95.7 Å². The molecule has 6 nitrogen and oxygen atoms in total. The van der Waals surface area contributed by atoms with Crippen LogP contribution in [0.25, 0.3) is 0 Å². The minimum absolute atomic E-state index is 0.280. The lowest BCUT2D eigenvalue weighted by atomic mass is 9.85. The maximum atomic E-state index is 10.4. The lowest BCUT2D eigenvalue weighted by Gasteiger charge is -2.27. The number of rotatable bonds is 9. The van der Waals surface area contributed by atoms with Crippen LogP contribution in [0.15, 0.2) is 0 Å². The van der Waals surface area contributed by atoms with Gasteiger partial charge >= 0.3 is 0 Å². The topological polar surface area (TPSA) is 115 Å². The van der Waals surface area contributed by atoms with Gasteiger partial charge in [0.2, 0.25) is 0 Å². The number of hydrogen-bond acceptors (Lipinski definition) is 5. The van der Waals surface area contributed by atoms with Gasteiger partial charge in [0.1, 0.15) is 0 Å². The van der Waals surface area contributed by atoms with Gasteiger partial charge in [0.05, 0.1) is 25.6 Å². The summed E-state index contributed by atoms with van der Waals surface area (Å²) < 4.78 is 29.3. The first kappa shape index (κ1) is 15.8. The fourth-order valence-electron chi connectivity index (χ4n) is 1.35. The van der Waals surface area contributed by atoms with Crippen LogP contribution >= 0.6 is 0 Å². The summed E-state index contributed by atoms with van der Waals surface area (Å²) in [5.74, 6) is -0.280. The van der Waals surface area contributed by atoms with E-state index in [4.69, 9.17) is 19.9 Å². The van der Waals surface area contributed by atoms with E-state index < -0.39 is 15.5 Å². The van der Waals surface area contributed by atoms with Gasteiger partial charge in [0.25, 0.3) is 10.1 Å². The van der Waals surface area contributed by atoms with E-state index in [-0.39, 0.29) is 25.6 Å². The largest absolute Gasteiger partial charge is 0.396 e. The van der Waals surface area contributed by atoms with Crippen molar-refractivity contribution in [1.82, 2.24) is 0 Å². The summed E-state index contributed by atoms with van der Waals surface area (Å²) in [6, 6.07) is 0. The van der Waals surface area contributed by atoms with Crippen LogP contribution in [-0.2, 0) is 10.1 Å². The van der Waals surface area contributed by atoms with Crippen LogP contribution in [-0.4, -0.2) is 53.9 Å². The van der Waals surface area contributed by atoms with Gasteiger partial charge in [-0.25, -0.2) is 0 Å². The van der Waals surface area contributed by atoms with Gasteiger partial charge in [-0.2, -0.15) is 8.42 Å². The Kier molecular flexibility index (Phi) is 7.09. The number of aliphatic hydroxyl groups is 3. The summed E-state index contributed by atoms with van der Waals surface area (Å²) in [4.78, 5) is 0. The maximum Gasteiger partial charge on any atom is 0.264 e. The van der Waals surface area contributed by atoms with Crippen molar-refractivity contribution in [1.29, 1.82) is 0 Å². The van der Waals surface area contributed by atoms with E-state index in [2.05, 4.69) is 0 Å². The molecule has 0 atom stereocenters. The molecule has 16 heavy (non-hydrogen) atoms. The highest BCUT2D eigenvalue weighted by Gasteiger charge is 2.27. The summed E-state index contributed by atoms with van der Waals surface area (Å²) in [6.07, 6.45) is 1.89. The van der Waals surface area contributed by atoms with Crippen LogP contribution in [0, 0.1) is 5.41 Å². The zero-order chi connectivity index (χ0) is 12.7. The average molecular weight is 256 g/mol. The molecule has 0 saturated carbocycles. The van der Waals surface area contributed by atoms with Gasteiger partial charge in [-0.05, 0) is 12.8 Å². The molecule has 0 aliphatic rings. The van der Waals surface area contributed by atoms with Crippen molar-refractivity contribution >= 4 is 10.1 Å². The summed E-state index contributed by atoms with van der Waals surface area (Å²) in [5, 5.41) is 27.0. The van der Waals surface area contributed by atoms with Crippen molar-refractivity contribution in [2.45, 2.75) is 25.7 Å². The van der Waals surface area contributed by atoms with E-state index >= 15 is 0 Å². The molecule has 0 amide bonds. The van der Waals surface area contributed by atoms with Gasteiger partial charge < -0.3 is 15.3 Å². The Morgan fingerprint density at radius 2 is 1.38 bits per heavy atom. The fraction of sp³-hybridized carbons (Fsp3) is 1.00. The van der Waals surface area contributed by atoms with E-state index in [9.17, 15) is 8.42 Å². The first-order valence-electron chi connectivity index (χ1n) is 5.17. The van der Waals surface area contributed by atoms with E-state index in [0.29, 0.717) is 25.7 Å². The third kappa shape index (κ3) is 6.39. The van der Waals surface area contributed by atoms with E-state index in [1.54, 1.807) is 0 Å². The van der Waals surface area contributed by atoms with Gasteiger partial charge in [0, 0.05) is 5.41 Å². The van der Waals surface area contributed by atoms with Gasteiger partial charge in [-0.15, -0.1) is 0 Å². The van der Waals surface area contributed by atoms with Crippen LogP contribution in [0.2, 0.25) is 0 Å².